The first-order valence-electron chi connectivity index (χ1n) is 11.0. The van der Waals surface area contributed by atoms with Crippen LogP contribution in [0.2, 0.25) is 0 Å². The summed E-state index contributed by atoms with van der Waals surface area (Å²) in [7, 11) is 0. The number of hydrogen-bond acceptors (Lipinski definition) is 4. The van der Waals surface area contributed by atoms with Crippen LogP contribution < -0.4 is 0 Å². The number of azo groups is 2. The molecule has 0 aliphatic carbocycles. The topological polar surface area (TPSA) is 49.4 Å². The molecule has 0 saturated heterocycles. The molecular formula is C28H24N4. The third kappa shape index (κ3) is 5.22. The van der Waals surface area contributed by atoms with Crippen molar-refractivity contribution in [3.63, 3.8) is 0 Å². The highest BCUT2D eigenvalue weighted by Crippen LogP contribution is 2.23. The molecule has 0 unspecified atom stereocenters. The van der Waals surface area contributed by atoms with Crippen molar-refractivity contribution >= 4 is 22.7 Å². The van der Waals surface area contributed by atoms with Crippen LogP contribution in [0.3, 0.4) is 0 Å². The predicted molar refractivity (Wildman–Crippen MR) is 129 cm³/mol. The van der Waals surface area contributed by atoms with Crippen molar-refractivity contribution in [3.05, 3.63) is 119 Å². The van der Waals surface area contributed by atoms with Crippen molar-refractivity contribution in [1.82, 2.24) is 0 Å². The summed E-state index contributed by atoms with van der Waals surface area (Å²) >= 11 is 0. The zero-order chi connectivity index (χ0) is 21.6. The Morgan fingerprint density at radius 1 is 0.281 bits per heavy atom. The lowest BCUT2D eigenvalue weighted by Crippen LogP contribution is -1.90. The highest BCUT2D eigenvalue weighted by Gasteiger charge is 2.01. The Kier molecular flexibility index (Phi) is 5.93. The number of rotatable bonds is 0. The smallest absolute Gasteiger partial charge is 0.0857 e. The number of hydrogen-bond donors (Lipinski definition) is 0. The summed E-state index contributed by atoms with van der Waals surface area (Å²) in [6.07, 6.45) is 3.91. The van der Waals surface area contributed by atoms with Crippen LogP contribution in [0, 0.1) is 0 Å². The molecule has 156 valence electrons. The first kappa shape index (κ1) is 20.0. The molecule has 0 amide bonds. The first-order chi connectivity index (χ1) is 15.8. The molecular weight excluding hydrogens is 392 g/mol. The maximum atomic E-state index is 4.39. The van der Waals surface area contributed by atoms with E-state index in [1.807, 2.05) is 48.5 Å². The molecule has 4 heteroatoms. The minimum atomic E-state index is 0.866. The van der Waals surface area contributed by atoms with Crippen molar-refractivity contribution in [3.8, 4) is 0 Å². The van der Waals surface area contributed by atoms with Crippen LogP contribution in [0.4, 0.5) is 22.7 Å². The normalized spacial score (nSPS) is 13.5. The third-order valence-corrected chi connectivity index (χ3v) is 5.71. The second-order valence-corrected chi connectivity index (χ2v) is 8.07. The Morgan fingerprint density at radius 2 is 0.469 bits per heavy atom. The monoisotopic (exact) mass is 416 g/mol. The molecule has 14 rings (SSSR count). The van der Waals surface area contributed by atoms with Crippen LogP contribution >= 0.6 is 0 Å². The quantitative estimate of drug-likeness (QED) is 0.276. The second kappa shape index (κ2) is 9.48. The van der Waals surface area contributed by atoms with Gasteiger partial charge in [0.2, 0.25) is 0 Å². The summed E-state index contributed by atoms with van der Waals surface area (Å²) in [6, 6.07) is 33.3. The van der Waals surface area contributed by atoms with Gasteiger partial charge in [-0.15, -0.1) is 0 Å². The summed E-state index contributed by atoms with van der Waals surface area (Å²) in [5.41, 5.74) is 8.61. The van der Waals surface area contributed by atoms with Gasteiger partial charge in [0.25, 0.3) is 0 Å². The summed E-state index contributed by atoms with van der Waals surface area (Å²) in [5, 5.41) is 17.6. The molecule has 10 aliphatic heterocycles. The maximum absolute atomic E-state index is 4.39. The van der Waals surface area contributed by atoms with E-state index < -0.39 is 0 Å². The van der Waals surface area contributed by atoms with Gasteiger partial charge in [-0.25, -0.2) is 0 Å². The van der Waals surface area contributed by atoms with E-state index in [0.717, 1.165) is 48.4 Å². The average molecular weight is 417 g/mol. The van der Waals surface area contributed by atoms with Crippen LogP contribution in [0.5, 0.6) is 0 Å². The number of benzene rings is 4. The second-order valence-electron chi connectivity index (χ2n) is 8.07. The van der Waals surface area contributed by atoms with Crippen molar-refractivity contribution in [2.24, 2.45) is 20.5 Å². The Balaban J connectivity index is 1.41. The Morgan fingerprint density at radius 3 is 0.656 bits per heavy atom. The molecule has 4 aromatic carbocycles. The van der Waals surface area contributed by atoms with Gasteiger partial charge in [-0.1, -0.05) is 48.5 Å². The van der Waals surface area contributed by atoms with Crippen LogP contribution in [-0.2, 0) is 25.7 Å². The van der Waals surface area contributed by atoms with E-state index in [1.54, 1.807) is 0 Å². The van der Waals surface area contributed by atoms with E-state index in [4.69, 9.17) is 0 Å². The molecule has 10 aliphatic rings. The summed E-state index contributed by atoms with van der Waals surface area (Å²) in [5.74, 6) is 0. The van der Waals surface area contributed by atoms with Crippen LogP contribution in [0.25, 0.3) is 0 Å². The Labute approximate surface area is 188 Å². The number of aryl methyl sites for hydroxylation is 4. The van der Waals surface area contributed by atoms with Crippen molar-refractivity contribution < 1.29 is 0 Å². The molecule has 0 atom stereocenters. The molecule has 32 heavy (non-hydrogen) atoms. The fraction of sp³-hybridized carbons (Fsp3) is 0.143. The van der Waals surface area contributed by atoms with Gasteiger partial charge in [-0.05, 0) is 96.5 Å². The molecule has 0 spiro atoms. The van der Waals surface area contributed by atoms with Crippen molar-refractivity contribution in [2.75, 3.05) is 0 Å². The minimum absolute atomic E-state index is 0.866. The lowest BCUT2D eigenvalue weighted by atomic mass is 10.0. The van der Waals surface area contributed by atoms with Crippen LogP contribution in [0.1, 0.15) is 22.3 Å². The lowest BCUT2D eigenvalue weighted by Gasteiger charge is -2.04. The van der Waals surface area contributed by atoms with Gasteiger partial charge < -0.3 is 0 Å². The van der Waals surface area contributed by atoms with E-state index in [2.05, 4.69) is 69.0 Å². The van der Waals surface area contributed by atoms with Crippen molar-refractivity contribution in [2.45, 2.75) is 25.7 Å². The van der Waals surface area contributed by atoms with E-state index >= 15 is 0 Å². The van der Waals surface area contributed by atoms with Crippen LogP contribution in [-0.4, -0.2) is 0 Å². The highest BCUT2D eigenvalue weighted by atomic mass is 15.1. The zero-order valence-electron chi connectivity index (χ0n) is 17.9. The summed E-state index contributed by atoms with van der Waals surface area (Å²) < 4.78 is 0. The predicted octanol–water partition coefficient (Wildman–Crippen LogP) is 8.40. The van der Waals surface area contributed by atoms with Gasteiger partial charge in [-0.2, -0.15) is 20.5 Å². The van der Waals surface area contributed by atoms with E-state index in [-0.39, 0.29) is 0 Å². The standard InChI is InChI=1S/C28H24N4/c1-2-22-7-15-26(16-8-22)30-32-28-19-11-24(12-20-28)4-3-23-9-17-27(18-10-23)31-29-25-13-5-21(1)6-14-25/h5-20H,1-4H2. The molecule has 0 fully saturated rings. The van der Waals surface area contributed by atoms with E-state index in [1.165, 1.54) is 22.3 Å². The van der Waals surface area contributed by atoms with Gasteiger partial charge in [-0.3, -0.25) is 0 Å². The third-order valence-electron chi connectivity index (χ3n) is 5.71. The van der Waals surface area contributed by atoms with Gasteiger partial charge in [0, 0.05) is 0 Å². The fourth-order valence-electron chi connectivity index (χ4n) is 3.73. The van der Waals surface area contributed by atoms with Gasteiger partial charge >= 0.3 is 0 Å². The fourth-order valence-corrected chi connectivity index (χ4v) is 3.73. The Hall–Kier alpha value is -3.92. The molecule has 4 nitrogen and oxygen atoms in total. The SMILES string of the molecule is c1cc2ccc1CCc1ccc(cc1)N=Nc1ccc(cc1)CCc1ccc(cc1)N=N2. The van der Waals surface area contributed by atoms with E-state index in [9.17, 15) is 0 Å². The molecule has 4 aromatic rings. The average Bonchev–Trinajstić information content (AvgIpc) is 2.86. The van der Waals surface area contributed by atoms with Crippen LogP contribution in [0.15, 0.2) is 118 Å². The minimum Gasteiger partial charge on any atom is -0.151 e. The van der Waals surface area contributed by atoms with Crippen molar-refractivity contribution in [1.29, 1.82) is 0 Å². The van der Waals surface area contributed by atoms with Gasteiger partial charge in [0.15, 0.2) is 0 Å². The largest absolute Gasteiger partial charge is 0.151 e. The summed E-state index contributed by atoms with van der Waals surface area (Å²) in [6.45, 7) is 0. The zero-order valence-corrected chi connectivity index (χ0v) is 17.9. The lowest BCUT2D eigenvalue weighted by molar-refractivity contribution is 0.958. The van der Waals surface area contributed by atoms with Gasteiger partial charge in [0.1, 0.15) is 0 Å². The number of nitrogens with zero attached hydrogens (tertiary/aromatic N) is 4. The van der Waals surface area contributed by atoms with E-state index in [0.29, 0.717) is 0 Å². The highest BCUT2D eigenvalue weighted by molar-refractivity contribution is 5.44. The summed E-state index contributed by atoms with van der Waals surface area (Å²) in [4.78, 5) is 0. The Bertz CT molecular complexity index is 1020. The van der Waals surface area contributed by atoms with Gasteiger partial charge in [0.05, 0.1) is 22.7 Å². The molecule has 0 aromatic heterocycles. The first-order valence-corrected chi connectivity index (χ1v) is 11.0. The molecule has 0 saturated carbocycles. The molecule has 0 radical (unpaired) electrons. The molecule has 10 heterocycles. The molecule has 8 bridgehead atoms. The maximum Gasteiger partial charge on any atom is 0.0857 e. The molecule has 0 N–H and O–H groups in total.